The van der Waals surface area contributed by atoms with Crippen molar-refractivity contribution in [3.8, 4) is 0 Å². The Morgan fingerprint density at radius 3 is 3.14 bits per heavy atom. The molecular weight excluding hydrogens is 198 g/mol. The van der Waals surface area contributed by atoms with Gasteiger partial charge in [-0.05, 0) is 12.5 Å². The molecule has 0 atom stereocenters. The number of hydrogen-bond acceptors (Lipinski definition) is 4. The highest BCUT2D eigenvalue weighted by Crippen LogP contribution is 2.06. The zero-order chi connectivity index (χ0) is 10.4. The number of nitrogen functional groups attached to an aromatic ring is 1. The van der Waals surface area contributed by atoms with Crippen molar-refractivity contribution in [1.29, 1.82) is 0 Å². The number of hydrogen-bond donors (Lipinski definition) is 2. The van der Waals surface area contributed by atoms with Gasteiger partial charge in [0.15, 0.2) is 5.12 Å². The average Bonchev–Trinajstić information content (AvgIpc) is 2.50. The Morgan fingerprint density at radius 1 is 1.79 bits per heavy atom. The van der Waals surface area contributed by atoms with Gasteiger partial charge in [-0.1, -0.05) is 17.8 Å². The van der Waals surface area contributed by atoms with Gasteiger partial charge in [-0.25, -0.2) is 0 Å². The van der Waals surface area contributed by atoms with Crippen molar-refractivity contribution in [2.45, 2.75) is 13.3 Å². The van der Waals surface area contributed by atoms with Crippen LogP contribution in [0.15, 0.2) is 12.1 Å². The highest BCUT2D eigenvalue weighted by Gasteiger charge is 1.93. The van der Waals surface area contributed by atoms with E-state index in [0.29, 0.717) is 5.82 Å². The Labute approximate surface area is 87.0 Å². The smallest absolute Gasteiger partial charge is 0.185 e. The maximum Gasteiger partial charge on any atom is 0.185 e. The van der Waals surface area contributed by atoms with E-state index in [1.54, 1.807) is 13.0 Å². The summed E-state index contributed by atoms with van der Waals surface area (Å²) in [6.07, 6.45) is 4.76. The number of nitrogens with two attached hydrogens (primary N) is 1. The summed E-state index contributed by atoms with van der Waals surface area (Å²) < 4.78 is 0. The number of nitrogens with one attached hydrogen (secondary N) is 1. The second-order valence-corrected chi connectivity index (χ2v) is 4.05. The molecule has 0 saturated heterocycles. The van der Waals surface area contributed by atoms with Gasteiger partial charge in [0.25, 0.3) is 0 Å². The second-order valence-electron chi connectivity index (χ2n) is 2.78. The Balaban J connectivity index is 2.24. The van der Waals surface area contributed by atoms with E-state index < -0.39 is 0 Å². The number of carbonyl (C=O) groups excluding carboxylic acids is 1. The molecule has 0 aromatic carbocycles. The normalized spacial score (nSPS) is 10.9. The van der Waals surface area contributed by atoms with Crippen LogP contribution >= 0.6 is 11.8 Å². The minimum absolute atomic E-state index is 0.157. The quantitative estimate of drug-likeness (QED) is 0.743. The molecule has 0 spiro atoms. The van der Waals surface area contributed by atoms with E-state index in [0.717, 1.165) is 17.9 Å². The molecule has 14 heavy (non-hydrogen) atoms. The number of aromatic amines is 1. The van der Waals surface area contributed by atoms with Crippen LogP contribution in [0.2, 0.25) is 0 Å². The summed E-state index contributed by atoms with van der Waals surface area (Å²) in [5.41, 5.74) is 6.31. The van der Waals surface area contributed by atoms with Gasteiger partial charge in [0.2, 0.25) is 0 Å². The summed E-state index contributed by atoms with van der Waals surface area (Å²) in [5, 5.41) is 6.71. The molecule has 0 saturated carbocycles. The lowest BCUT2D eigenvalue weighted by molar-refractivity contribution is -0.109. The molecule has 0 aliphatic heterocycles. The van der Waals surface area contributed by atoms with Gasteiger partial charge in [0.05, 0.1) is 5.69 Å². The van der Waals surface area contributed by atoms with Crippen LogP contribution in [0.3, 0.4) is 0 Å². The van der Waals surface area contributed by atoms with Crippen LogP contribution < -0.4 is 5.73 Å². The lowest BCUT2D eigenvalue weighted by atomic mass is 10.3. The SMILES string of the molecule is CC(=O)SCCC=Cc1cc(N)n[nH]1. The van der Waals surface area contributed by atoms with Crippen molar-refractivity contribution in [3.63, 3.8) is 0 Å². The number of rotatable bonds is 4. The lowest BCUT2D eigenvalue weighted by Crippen LogP contribution is -1.83. The average molecular weight is 211 g/mol. The van der Waals surface area contributed by atoms with Crippen molar-refractivity contribution >= 4 is 28.8 Å². The molecular formula is C9H13N3OS. The molecule has 3 N–H and O–H groups in total. The number of aromatic nitrogens is 2. The zero-order valence-electron chi connectivity index (χ0n) is 7.99. The minimum Gasteiger partial charge on any atom is -0.382 e. The van der Waals surface area contributed by atoms with Crippen LogP contribution in [0.4, 0.5) is 5.82 Å². The van der Waals surface area contributed by atoms with E-state index in [2.05, 4.69) is 10.2 Å². The van der Waals surface area contributed by atoms with Crippen molar-refractivity contribution in [3.05, 3.63) is 17.8 Å². The van der Waals surface area contributed by atoms with Crippen molar-refractivity contribution < 1.29 is 4.79 Å². The van der Waals surface area contributed by atoms with Gasteiger partial charge in [0.1, 0.15) is 5.82 Å². The van der Waals surface area contributed by atoms with Crippen molar-refractivity contribution in [2.75, 3.05) is 11.5 Å². The molecule has 0 fully saturated rings. The first-order valence-electron chi connectivity index (χ1n) is 4.29. The van der Waals surface area contributed by atoms with Gasteiger partial charge in [0, 0.05) is 18.7 Å². The van der Waals surface area contributed by atoms with E-state index >= 15 is 0 Å². The first-order valence-corrected chi connectivity index (χ1v) is 5.28. The summed E-state index contributed by atoms with van der Waals surface area (Å²) in [5.74, 6) is 1.30. The van der Waals surface area contributed by atoms with E-state index in [9.17, 15) is 4.79 Å². The van der Waals surface area contributed by atoms with Gasteiger partial charge in [-0.3, -0.25) is 9.89 Å². The topological polar surface area (TPSA) is 71.8 Å². The second kappa shape index (κ2) is 5.49. The van der Waals surface area contributed by atoms with Crippen LogP contribution in [-0.4, -0.2) is 21.1 Å². The molecule has 1 aromatic heterocycles. The first kappa shape index (κ1) is 10.8. The number of anilines is 1. The summed E-state index contributed by atoms with van der Waals surface area (Å²) in [4.78, 5) is 10.6. The number of H-pyrrole nitrogens is 1. The first-order chi connectivity index (χ1) is 6.68. The molecule has 76 valence electrons. The summed E-state index contributed by atoms with van der Waals surface area (Å²) >= 11 is 1.33. The summed E-state index contributed by atoms with van der Waals surface area (Å²) in [6, 6.07) is 1.76. The van der Waals surface area contributed by atoms with E-state index in [1.165, 1.54) is 11.8 Å². The Morgan fingerprint density at radius 2 is 2.57 bits per heavy atom. The van der Waals surface area contributed by atoms with Gasteiger partial charge in [-0.2, -0.15) is 5.10 Å². The van der Waals surface area contributed by atoms with Gasteiger partial charge < -0.3 is 5.73 Å². The molecule has 1 aromatic rings. The van der Waals surface area contributed by atoms with Crippen molar-refractivity contribution in [1.82, 2.24) is 10.2 Å². The van der Waals surface area contributed by atoms with Crippen molar-refractivity contribution in [2.24, 2.45) is 0 Å². The monoisotopic (exact) mass is 211 g/mol. The number of thioether (sulfide) groups is 1. The third-order valence-electron chi connectivity index (χ3n) is 1.50. The lowest BCUT2D eigenvalue weighted by Gasteiger charge is -1.90. The third-order valence-corrected chi connectivity index (χ3v) is 2.35. The predicted molar refractivity (Wildman–Crippen MR) is 59.8 cm³/mol. The number of allylic oxidation sites excluding steroid dienone is 1. The maximum absolute atomic E-state index is 10.6. The fourth-order valence-corrected chi connectivity index (χ4v) is 1.46. The van der Waals surface area contributed by atoms with E-state index in [4.69, 9.17) is 5.73 Å². The molecule has 0 amide bonds. The standard InChI is InChI=1S/C9H13N3OS/c1-7(13)14-5-3-2-4-8-6-9(10)12-11-8/h2,4,6H,3,5H2,1H3,(H3,10,11,12). The number of nitrogens with zero attached hydrogens (tertiary/aromatic N) is 1. The van der Waals surface area contributed by atoms with E-state index in [-0.39, 0.29) is 5.12 Å². The van der Waals surface area contributed by atoms with Gasteiger partial charge >= 0.3 is 0 Å². The summed E-state index contributed by atoms with van der Waals surface area (Å²) in [6.45, 7) is 1.57. The molecule has 4 nitrogen and oxygen atoms in total. The molecule has 1 heterocycles. The molecule has 0 radical (unpaired) electrons. The molecule has 0 aliphatic carbocycles. The highest BCUT2D eigenvalue weighted by atomic mass is 32.2. The van der Waals surface area contributed by atoms with Crippen LogP contribution in [0.25, 0.3) is 6.08 Å². The Hall–Kier alpha value is -1.23. The van der Waals surface area contributed by atoms with Crippen LogP contribution in [-0.2, 0) is 4.79 Å². The Kier molecular flexibility index (Phi) is 4.25. The number of carbonyl (C=O) groups is 1. The largest absolute Gasteiger partial charge is 0.382 e. The molecule has 1 rings (SSSR count). The van der Waals surface area contributed by atoms with Crippen LogP contribution in [0, 0.1) is 0 Å². The summed E-state index contributed by atoms with van der Waals surface area (Å²) in [7, 11) is 0. The molecule has 0 unspecified atom stereocenters. The van der Waals surface area contributed by atoms with Gasteiger partial charge in [-0.15, -0.1) is 0 Å². The Bertz CT molecular complexity index is 333. The highest BCUT2D eigenvalue weighted by molar-refractivity contribution is 8.13. The molecule has 0 aliphatic rings. The zero-order valence-corrected chi connectivity index (χ0v) is 8.80. The molecule has 0 bridgehead atoms. The fraction of sp³-hybridized carbons (Fsp3) is 0.333. The van der Waals surface area contributed by atoms with Crippen LogP contribution in [0.1, 0.15) is 19.0 Å². The predicted octanol–water partition coefficient (Wildman–Crippen LogP) is 1.67. The fourth-order valence-electron chi connectivity index (χ4n) is 0.919. The molecule has 5 heteroatoms. The van der Waals surface area contributed by atoms with Crippen LogP contribution in [0.5, 0.6) is 0 Å². The van der Waals surface area contributed by atoms with E-state index in [1.807, 2.05) is 12.2 Å². The third kappa shape index (κ3) is 4.13. The maximum atomic E-state index is 10.6. The minimum atomic E-state index is 0.157.